The van der Waals surface area contributed by atoms with Gasteiger partial charge >= 0.3 is 0 Å². The van der Waals surface area contributed by atoms with Crippen LogP contribution in [-0.2, 0) is 10.0 Å². The Labute approximate surface area is 128 Å². The third kappa shape index (κ3) is 3.91. The van der Waals surface area contributed by atoms with Crippen LogP contribution in [0.1, 0.15) is 18.4 Å². The fraction of sp³-hybridized carbons (Fsp3) is 0.200. The molecule has 0 spiro atoms. The van der Waals surface area contributed by atoms with Gasteiger partial charge in [-0.2, -0.15) is 0 Å². The monoisotopic (exact) mass is 353 g/mol. The smallest absolute Gasteiger partial charge is 0.211 e. The zero-order chi connectivity index (χ0) is 14.6. The lowest BCUT2D eigenvalue weighted by Gasteiger charge is -2.13. The topological polar surface area (TPSA) is 46.2 Å². The van der Waals surface area contributed by atoms with Gasteiger partial charge in [-0.1, -0.05) is 59.3 Å². The fourth-order valence-electron chi connectivity index (χ4n) is 1.85. The zero-order valence-electron chi connectivity index (χ0n) is 11.1. The highest BCUT2D eigenvalue weighted by molar-refractivity contribution is 9.10. The summed E-state index contributed by atoms with van der Waals surface area (Å²) in [6.45, 7) is 2.37. The van der Waals surface area contributed by atoms with E-state index < -0.39 is 10.0 Å². The van der Waals surface area contributed by atoms with Crippen LogP contribution in [0, 0.1) is 0 Å². The molecule has 1 atom stereocenters. The number of hydrogen-bond acceptors (Lipinski definition) is 2. The molecule has 0 bridgehead atoms. The predicted molar refractivity (Wildman–Crippen MR) is 84.2 cm³/mol. The minimum Gasteiger partial charge on any atom is -0.211 e. The molecule has 20 heavy (non-hydrogen) atoms. The quantitative estimate of drug-likeness (QED) is 0.893. The van der Waals surface area contributed by atoms with Crippen molar-refractivity contribution in [1.29, 1.82) is 0 Å². The summed E-state index contributed by atoms with van der Waals surface area (Å²) in [6.07, 6.45) is 0. The molecule has 3 nitrogen and oxygen atoms in total. The van der Waals surface area contributed by atoms with Gasteiger partial charge in [-0.15, -0.1) is 0 Å². The molecule has 2 aromatic carbocycles. The SMILES string of the molecule is C[C@@H](CNS(=O)(=O)c1cccc(Br)c1)c1ccccc1. The van der Waals surface area contributed by atoms with Crippen molar-refractivity contribution in [2.75, 3.05) is 6.54 Å². The molecule has 0 radical (unpaired) electrons. The zero-order valence-corrected chi connectivity index (χ0v) is 13.5. The van der Waals surface area contributed by atoms with Crippen LogP contribution in [0.4, 0.5) is 0 Å². The second-order valence-electron chi connectivity index (χ2n) is 4.62. The van der Waals surface area contributed by atoms with Gasteiger partial charge in [0.1, 0.15) is 0 Å². The van der Waals surface area contributed by atoms with Crippen molar-refractivity contribution >= 4 is 26.0 Å². The van der Waals surface area contributed by atoms with E-state index in [4.69, 9.17) is 0 Å². The number of hydrogen-bond donors (Lipinski definition) is 1. The number of halogens is 1. The molecule has 0 aliphatic heterocycles. The standard InChI is InChI=1S/C15H16BrNO2S/c1-12(13-6-3-2-4-7-13)11-17-20(18,19)15-9-5-8-14(16)10-15/h2-10,12,17H,11H2,1H3/t12-/m0/s1. The summed E-state index contributed by atoms with van der Waals surface area (Å²) in [5, 5.41) is 0. The molecule has 0 saturated carbocycles. The van der Waals surface area contributed by atoms with Crippen LogP contribution in [-0.4, -0.2) is 15.0 Å². The Hall–Kier alpha value is -1.17. The third-order valence-corrected chi connectivity index (χ3v) is 4.97. The van der Waals surface area contributed by atoms with Crippen molar-refractivity contribution in [2.45, 2.75) is 17.7 Å². The van der Waals surface area contributed by atoms with Gasteiger partial charge in [0.25, 0.3) is 0 Å². The van der Waals surface area contributed by atoms with E-state index in [1.807, 2.05) is 37.3 Å². The summed E-state index contributed by atoms with van der Waals surface area (Å²) < 4.78 is 27.8. The molecule has 2 rings (SSSR count). The summed E-state index contributed by atoms with van der Waals surface area (Å²) in [4.78, 5) is 0.270. The van der Waals surface area contributed by atoms with E-state index in [1.54, 1.807) is 24.3 Å². The molecule has 0 saturated heterocycles. The molecule has 2 aromatic rings. The van der Waals surface area contributed by atoms with Crippen LogP contribution in [0.2, 0.25) is 0 Å². The Balaban J connectivity index is 2.07. The van der Waals surface area contributed by atoms with Crippen molar-refractivity contribution < 1.29 is 8.42 Å². The highest BCUT2D eigenvalue weighted by Gasteiger charge is 2.15. The van der Waals surface area contributed by atoms with Gasteiger partial charge in [0, 0.05) is 11.0 Å². The number of rotatable bonds is 5. The Morgan fingerprint density at radius 3 is 2.45 bits per heavy atom. The van der Waals surface area contributed by atoms with Gasteiger partial charge in [0.05, 0.1) is 4.90 Å². The largest absolute Gasteiger partial charge is 0.240 e. The van der Waals surface area contributed by atoms with Crippen LogP contribution in [0.5, 0.6) is 0 Å². The van der Waals surface area contributed by atoms with E-state index in [2.05, 4.69) is 20.7 Å². The summed E-state index contributed by atoms with van der Waals surface area (Å²) in [7, 11) is -3.47. The third-order valence-electron chi connectivity index (χ3n) is 3.05. The van der Waals surface area contributed by atoms with Gasteiger partial charge in [-0.25, -0.2) is 13.1 Å². The molecule has 0 amide bonds. The summed E-state index contributed by atoms with van der Waals surface area (Å²) in [6, 6.07) is 16.5. The first-order valence-corrected chi connectivity index (χ1v) is 8.57. The Morgan fingerprint density at radius 2 is 1.80 bits per heavy atom. The second kappa shape index (κ2) is 6.52. The number of benzene rings is 2. The first-order chi connectivity index (χ1) is 9.49. The highest BCUT2D eigenvalue weighted by atomic mass is 79.9. The lowest BCUT2D eigenvalue weighted by atomic mass is 10.0. The van der Waals surface area contributed by atoms with Crippen molar-refractivity contribution in [1.82, 2.24) is 4.72 Å². The molecule has 1 N–H and O–H groups in total. The molecule has 0 aliphatic carbocycles. The van der Waals surface area contributed by atoms with Crippen LogP contribution in [0.3, 0.4) is 0 Å². The van der Waals surface area contributed by atoms with Crippen molar-refractivity contribution in [2.24, 2.45) is 0 Å². The lowest BCUT2D eigenvalue weighted by molar-refractivity contribution is 0.575. The van der Waals surface area contributed by atoms with Gasteiger partial charge < -0.3 is 0 Å². The van der Waals surface area contributed by atoms with Crippen LogP contribution in [0.25, 0.3) is 0 Å². The average Bonchev–Trinajstić information content (AvgIpc) is 2.46. The maximum absolute atomic E-state index is 12.2. The van der Waals surface area contributed by atoms with Gasteiger partial charge in [-0.05, 0) is 29.7 Å². The Bertz CT molecular complexity index is 671. The lowest BCUT2D eigenvalue weighted by Crippen LogP contribution is -2.27. The summed E-state index contributed by atoms with van der Waals surface area (Å²) >= 11 is 3.28. The van der Waals surface area contributed by atoms with E-state index in [9.17, 15) is 8.42 Å². The summed E-state index contributed by atoms with van der Waals surface area (Å²) in [5.41, 5.74) is 1.12. The molecular weight excluding hydrogens is 338 g/mol. The van der Waals surface area contributed by atoms with E-state index in [1.165, 1.54) is 0 Å². The fourth-order valence-corrected chi connectivity index (χ4v) is 3.58. The van der Waals surface area contributed by atoms with Crippen molar-refractivity contribution in [3.8, 4) is 0 Å². The number of nitrogens with one attached hydrogen (secondary N) is 1. The molecule has 0 heterocycles. The first-order valence-electron chi connectivity index (χ1n) is 6.29. The van der Waals surface area contributed by atoms with Gasteiger partial charge in [-0.3, -0.25) is 0 Å². The molecule has 0 aliphatic rings. The normalized spacial score (nSPS) is 13.1. The minimum absolute atomic E-state index is 0.123. The second-order valence-corrected chi connectivity index (χ2v) is 7.30. The molecular formula is C15H16BrNO2S. The molecule has 0 aromatic heterocycles. The summed E-state index contributed by atoms with van der Waals surface area (Å²) in [5.74, 6) is 0.123. The molecule has 0 unspecified atom stereocenters. The van der Waals surface area contributed by atoms with Crippen LogP contribution in [0.15, 0.2) is 64.0 Å². The highest BCUT2D eigenvalue weighted by Crippen LogP contribution is 2.18. The predicted octanol–water partition coefficient (Wildman–Crippen LogP) is 3.53. The Morgan fingerprint density at radius 1 is 1.10 bits per heavy atom. The van der Waals surface area contributed by atoms with E-state index in [-0.39, 0.29) is 10.8 Å². The van der Waals surface area contributed by atoms with Crippen molar-refractivity contribution in [3.05, 3.63) is 64.6 Å². The molecule has 5 heteroatoms. The maximum Gasteiger partial charge on any atom is 0.240 e. The Kier molecular flexibility index (Phi) is 4.96. The van der Waals surface area contributed by atoms with Crippen LogP contribution < -0.4 is 4.72 Å². The van der Waals surface area contributed by atoms with E-state index in [0.717, 1.165) is 10.0 Å². The molecule has 106 valence electrons. The van der Waals surface area contributed by atoms with Gasteiger partial charge in [0.15, 0.2) is 0 Å². The average molecular weight is 354 g/mol. The first kappa shape index (κ1) is 15.2. The van der Waals surface area contributed by atoms with Gasteiger partial charge in [0.2, 0.25) is 10.0 Å². The van der Waals surface area contributed by atoms with E-state index in [0.29, 0.717) is 6.54 Å². The van der Waals surface area contributed by atoms with Crippen LogP contribution >= 0.6 is 15.9 Å². The maximum atomic E-state index is 12.2. The van der Waals surface area contributed by atoms with Crippen molar-refractivity contribution in [3.63, 3.8) is 0 Å². The number of sulfonamides is 1. The van der Waals surface area contributed by atoms with E-state index >= 15 is 0 Å². The molecule has 0 fully saturated rings. The minimum atomic E-state index is -3.47.